The summed E-state index contributed by atoms with van der Waals surface area (Å²) >= 11 is 0. The molecule has 0 fully saturated rings. The van der Waals surface area contributed by atoms with Crippen LogP contribution in [0.1, 0.15) is 37.2 Å². The van der Waals surface area contributed by atoms with Crippen LogP contribution in [-0.2, 0) is 4.74 Å². The Hall–Kier alpha value is -1.49. The Morgan fingerprint density at radius 2 is 2.24 bits per heavy atom. The van der Waals surface area contributed by atoms with Crippen molar-refractivity contribution in [2.45, 2.75) is 32.8 Å². The zero-order valence-electron chi connectivity index (χ0n) is 10.2. The fourth-order valence-corrected chi connectivity index (χ4v) is 1.31. The molecule has 1 rings (SSSR count). The number of anilines is 1. The number of hydrogen-bond donors (Lipinski definition) is 2. The molecule has 0 aliphatic carbocycles. The van der Waals surface area contributed by atoms with Gasteiger partial charge in [-0.15, -0.1) is 0 Å². The van der Waals surface area contributed by atoms with Crippen LogP contribution in [-0.4, -0.2) is 30.3 Å². The standard InChI is InChI=1S/C12H19NO4/c1-9(2)16-8-4-3-7-13-11-6-5-10(17-11)12(14)15/h5-6,9,13H,3-4,7-8H2,1-2H3,(H,14,15). The fraction of sp³-hybridized carbons (Fsp3) is 0.583. The van der Waals surface area contributed by atoms with Gasteiger partial charge in [-0.2, -0.15) is 0 Å². The second-order valence-corrected chi connectivity index (χ2v) is 4.02. The summed E-state index contributed by atoms with van der Waals surface area (Å²) in [5, 5.41) is 11.7. The predicted octanol–water partition coefficient (Wildman–Crippen LogP) is 2.59. The van der Waals surface area contributed by atoms with Gasteiger partial charge in [-0.25, -0.2) is 4.79 Å². The van der Waals surface area contributed by atoms with Gasteiger partial charge in [0.15, 0.2) is 5.88 Å². The highest BCUT2D eigenvalue weighted by Crippen LogP contribution is 2.13. The first-order chi connectivity index (χ1) is 8.09. The van der Waals surface area contributed by atoms with Gasteiger partial charge in [-0.3, -0.25) is 0 Å². The van der Waals surface area contributed by atoms with Gasteiger partial charge in [0, 0.05) is 19.2 Å². The maximum absolute atomic E-state index is 10.6. The van der Waals surface area contributed by atoms with Crippen molar-refractivity contribution in [2.75, 3.05) is 18.5 Å². The molecule has 1 aromatic heterocycles. The minimum atomic E-state index is -1.05. The summed E-state index contributed by atoms with van der Waals surface area (Å²) in [6.45, 7) is 5.51. The highest BCUT2D eigenvalue weighted by molar-refractivity contribution is 5.84. The maximum Gasteiger partial charge on any atom is 0.371 e. The van der Waals surface area contributed by atoms with Gasteiger partial charge in [0.25, 0.3) is 0 Å². The normalized spacial score (nSPS) is 10.8. The van der Waals surface area contributed by atoms with Gasteiger partial charge in [-0.1, -0.05) is 0 Å². The molecular formula is C12H19NO4. The second-order valence-electron chi connectivity index (χ2n) is 4.02. The molecule has 5 nitrogen and oxygen atoms in total. The van der Waals surface area contributed by atoms with Crippen molar-refractivity contribution in [3.05, 3.63) is 17.9 Å². The second kappa shape index (κ2) is 6.96. The largest absolute Gasteiger partial charge is 0.475 e. The highest BCUT2D eigenvalue weighted by atomic mass is 16.5. The number of carboxylic acid groups (broad SMARTS) is 1. The van der Waals surface area contributed by atoms with E-state index < -0.39 is 5.97 Å². The number of ether oxygens (including phenoxy) is 1. The summed E-state index contributed by atoms with van der Waals surface area (Å²) in [7, 11) is 0. The molecule has 0 saturated heterocycles. The monoisotopic (exact) mass is 241 g/mol. The first-order valence-electron chi connectivity index (χ1n) is 5.78. The Bertz CT molecular complexity index is 346. The molecule has 2 N–H and O–H groups in total. The molecule has 5 heteroatoms. The van der Waals surface area contributed by atoms with E-state index in [1.54, 1.807) is 6.07 Å². The highest BCUT2D eigenvalue weighted by Gasteiger charge is 2.07. The number of nitrogens with one attached hydrogen (secondary N) is 1. The SMILES string of the molecule is CC(C)OCCCCNc1ccc(C(=O)O)o1. The summed E-state index contributed by atoms with van der Waals surface area (Å²) in [4.78, 5) is 10.6. The quantitative estimate of drug-likeness (QED) is 0.684. The van der Waals surface area contributed by atoms with Crippen molar-refractivity contribution in [1.29, 1.82) is 0 Å². The minimum absolute atomic E-state index is 0.0457. The molecule has 0 aliphatic heterocycles. The van der Waals surface area contributed by atoms with Crippen molar-refractivity contribution >= 4 is 11.9 Å². The zero-order valence-corrected chi connectivity index (χ0v) is 10.2. The van der Waals surface area contributed by atoms with Gasteiger partial charge in [0.1, 0.15) is 0 Å². The smallest absolute Gasteiger partial charge is 0.371 e. The molecule has 0 spiro atoms. The minimum Gasteiger partial charge on any atom is -0.475 e. The topological polar surface area (TPSA) is 71.7 Å². The third kappa shape index (κ3) is 5.40. The van der Waals surface area contributed by atoms with E-state index in [2.05, 4.69) is 5.32 Å². The van der Waals surface area contributed by atoms with Crippen LogP contribution < -0.4 is 5.32 Å². The molecule has 0 radical (unpaired) electrons. The molecule has 0 aromatic carbocycles. The van der Waals surface area contributed by atoms with Crippen LogP contribution in [0.2, 0.25) is 0 Å². The van der Waals surface area contributed by atoms with E-state index >= 15 is 0 Å². The number of aromatic carboxylic acids is 1. The van der Waals surface area contributed by atoms with Crippen LogP contribution in [0.5, 0.6) is 0 Å². The van der Waals surface area contributed by atoms with Crippen LogP contribution in [0.3, 0.4) is 0 Å². The Kier molecular flexibility index (Phi) is 5.56. The lowest BCUT2D eigenvalue weighted by Crippen LogP contribution is -2.06. The Labute approximate surface area is 101 Å². The number of rotatable bonds is 8. The van der Waals surface area contributed by atoms with Crippen molar-refractivity contribution in [3.8, 4) is 0 Å². The molecule has 17 heavy (non-hydrogen) atoms. The molecule has 0 atom stereocenters. The van der Waals surface area contributed by atoms with Gasteiger partial charge >= 0.3 is 5.97 Å². The van der Waals surface area contributed by atoms with Gasteiger partial charge in [0.2, 0.25) is 5.76 Å². The lowest BCUT2D eigenvalue weighted by molar-refractivity contribution is 0.0663. The van der Waals surface area contributed by atoms with Crippen molar-refractivity contribution < 1.29 is 19.1 Å². The van der Waals surface area contributed by atoms with Crippen molar-refractivity contribution in [3.63, 3.8) is 0 Å². The molecule has 0 unspecified atom stereocenters. The maximum atomic E-state index is 10.6. The van der Waals surface area contributed by atoms with Gasteiger partial charge in [0.05, 0.1) is 6.10 Å². The van der Waals surface area contributed by atoms with Crippen LogP contribution >= 0.6 is 0 Å². The average molecular weight is 241 g/mol. The molecule has 96 valence electrons. The van der Waals surface area contributed by atoms with E-state index in [0.29, 0.717) is 5.88 Å². The molecule has 1 aromatic rings. The van der Waals surface area contributed by atoms with Crippen molar-refractivity contribution in [2.24, 2.45) is 0 Å². The van der Waals surface area contributed by atoms with Crippen LogP contribution in [0.25, 0.3) is 0 Å². The number of unbranched alkanes of at least 4 members (excludes halogenated alkanes) is 1. The summed E-state index contributed by atoms with van der Waals surface area (Å²) in [6, 6.07) is 3.06. The van der Waals surface area contributed by atoms with Crippen LogP contribution in [0.15, 0.2) is 16.5 Å². The van der Waals surface area contributed by atoms with Gasteiger partial charge < -0.3 is 19.6 Å². The van der Waals surface area contributed by atoms with Crippen LogP contribution in [0.4, 0.5) is 5.88 Å². The Morgan fingerprint density at radius 3 is 2.82 bits per heavy atom. The lowest BCUT2D eigenvalue weighted by atomic mass is 10.3. The van der Waals surface area contributed by atoms with E-state index in [-0.39, 0.29) is 11.9 Å². The molecular weight excluding hydrogens is 222 g/mol. The first kappa shape index (κ1) is 13.6. The molecule has 0 bridgehead atoms. The first-order valence-corrected chi connectivity index (χ1v) is 5.78. The van der Waals surface area contributed by atoms with Gasteiger partial charge in [-0.05, 0) is 32.8 Å². The summed E-state index contributed by atoms with van der Waals surface area (Å²) in [6.07, 6.45) is 2.19. The van der Waals surface area contributed by atoms with E-state index in [4.69, 9.17) is 14.3 Å². The average Bonchev–Trinajstić information content (AvgIpc) is 2.71. The van der Waals surface area contributed by atoms with Crippen molar-refractivity contribution in [1.82, 2.24) is 0 Å². The van der Waals surface area contributed by atoms with Crippen LogP contribution in [0, 0.1) is 0 Å². The Balaban J connectivity index is 2.11. The van der Waals surface area contributed by atoms with E-state index in [9.17, 15) is 4.79 Å². The third-order valence-corrected chi connectivity index (χ3v) is 2.14. The van der Waals surface area contributed by atoms with E-state index in [0.717, 1.165) is 26.0 Å². The molecule has 0 amide bonds. The predicted molar refractivity (Wildman–Crippen MR) is 64.5 cm³/mol. The third-order valence-electron chi connectivity index (χ3n) is 2.14. The number of carbonyl (C=O) groups is 1. The zero-order chi connectivity index (χ0) is 12.7. The Morgan fingerprint density at radius 1 is 1.47 bits per heavy atom. The number of furan rings is 1. The number of hydrogen-bond acceptors (Lipinski definition) is 4. The summed E-state index contributed by atoms with van der Waals surface area (Å²) in [5.41, 5.74) is 0. The lowest BCUT2D eigenvalue weighted by Gasteiger charge is -2.07. The fourth-order valence-electron chi connectivity index (χ4n) is 1.31. The summed E-state index contributed by atoms with van der Waals surface area (Å²) in [5.74, 6) is -0.605. The molecule has 1 heterocycles. The number of carboxylic acids is 1. The molecule has 0 aliphatic rings. The summed E-state index contributed by atoms with van der Waals surface area (Å²) < 4.78 is 10.4. The molecule has 0 saturated carbocycles. The van der Waals surface area contributed by atoms with E-state index in [1.807, 2.05) is 13.8 Å². The van der Waals surface area contributed by atoms with E-state index in [1.165, 1.54) is 6.07 Å².